The normalized spacial score (nSPS) is 13.1. The van der Waals surface area contributed by atoms with E-state index in [9.17, 15) is 0 Å². The van der Waals surface area contributed by atoms with Crippen LogP contribution in [0.25, 0.3) is 0 Å². The number of aliphatic hydroxyl groups excluding tert-OH is 1. The summed E-state index contributed by atoms with van der Waals surface area (Å²) >= 11 is 0. The van der Waals surface area contributed by atoms with Crippen LogP contribution in [0.3, 0.4) is 0 Å². The molecule has 0 amide bonds. The maximum atomic E-state index is 9.07. The van der Waals surface area contributed by atoms with Crippen molar-refractivity contribution in [1.29, 1.82) is 0 Å². The lowest BCUT2D eigenvalue weighted by atomic mass is 10.2. The molecule has 0 bridgehead atoms. The van der Waals surface area contributed by atoms with Gasteiger partial charge < -0.3 is 5.11 Å². The van der Waals surface area contributed by atoms with E-state index < -0.39 is 0 Å². The van der Waals surface area contributed by atoms with Crippen LogP contribution in [0.5, 0.6) is 0 Å². The van der Waals surface area contributed by atoms with E-state index in [1.165, 1.54) is 5.56 Å². The molecular weight excluding hydrogens is 174 g/mol. The van der Waals surface area contributed by atoms with Gasteiger partial charge >= 0.3 is 0 Å². The Kier molecular flexibility index (Phi) is 4.63. The fraction of sp³-hybridized carbons (Fsp3) is 0.500. The molecule has 1 atom stereocenters. The lowest BCUT2D eigenvalue weighted by Crippen LogP contribution is -2.34. The first-order valence-corrected chi connectivity index (χ1v) is 5.16. The molecule has 0 aliphatic rings. The Hall–Kier alpha value is -0.860. The molecule has 0 saturated heterocycles. The highest BCUT2D eigenvalue weighted by atomic mass is 16.3. The Morgan fingerprint density at radius 3 is 2.43 bits per heavy atom. The van der Waals surface area contributed by atoms with Gasteiger partial charge in [0.05, 0.1) is 6.61 Å². The summed E-state index contributed by atoms with van der Waals surface area (Å²) in [5.74, 6) is 0. The van der Waals surface area contributed by atoms with E-state index in [4.69, 9.17) is 5.11 Å². The third-order valence-electron chi connectivity index (χ3n) is 2.52. The Morgan fingerprint density at radius 1 is 1.29 bits per heavy atom. The van der Waals surface area contributed by atoms with E-state index in [0.29, 0.717) is 0 Å². The molecule has 0 heterocycles. The van der Waals surface area contributed by atoms with Gasteiger partial charge in [0.1, 0.15) is 0 Å². The molecule has 1 N–H and O–H groups in total. The second kappa shape index (κ2) is 5.78. The first kappa shape index (κ1) is 11.2. The molecule has 0 fully saturated rings. The number of nitrogens with zero attached hydrogens (tertiary/aromatic N) is 1. The summed E-state index contributed by atoms with van der Waals surface area (Å²) in [7, 11) is 0. The van der Waals surface area contributed by atoms with Crippen molar-refractivity contribution in [3.05, 3.63) is 35.9 Å². The first-order valence-electron chi connectivity index (χ1n) is 5.16. The summed E-state index contributed by atoms with van der Waals surface area (Å²) in [6, 6.07) is 10.6. The van der Waals surface area contributed by atoms with Crippen molar-refractivity contribution in [2.45, 2.75) is 26.4 Å². The summed E-state index contributed by atoms with van der Waals surface area (Å²) in [5, 5.41) is 9.07. The number of likely N-dealkylation sites (N-methyl/N-ethyl adjacent to an activating group) is 1. The van der Waals surface area contributed by atoms with Crippen molar-refractivity contribution < 1.29 is 5.11 Å². The minimum atomic E-state index is 0.223. The lowest BCUT2D eigenvalue weighted by Gasteiger charge is -2.26. The highest BCUT2D eigenvalue weighted by Gasteiger charge is 2.10. The highest BCUT2D eigenvalue weighted by molar-refractivity contribution is 5.14. The Morgan fingerprint density at radius 2 is 1.93 bits per heavy atom. The minimum Gasteiger partial charge on any atom is -0.395 e. The summed E-state index contributed by atoms with van der Waals surface area (Å²) in [6.45, 7) is 6.28. The fourth-order valence-electron chi connectivity index (χ4n) is 1.51. The molecule has 1 aromatic rings. The molecule has 0 spiro atoms. The lowest BCUT2D eigenvalue weighted by molar-refractivity contribution is 0.133. The van der Waals surface area contributed by atoms with Gasteiger partial charge in [-0.05, 0) is 19.0 Å². The smallest absolute Gasteiger partial charge is 0.0584 e. The molecule has 0 aromatic heterocycles. The fourth-order valence-corrected chi connectivity index (χ4v) is 1.51. The van der Waals surface area contributed by atoms with Crippen molar-refractivity contribution in [3.8, 4) is 0 Å². The van der Waals surface area contributed by atoms with E-state index in [1.54, 1.807) is 0 Å². The molecule has 0 radical (unpaired) electrons. The van der Waals surface area contributed by atoms with E-state index >= 15 is 0 Å². The molecule has 78 valence electrons. The SMILES string of the molecule is CCN(Cc1ccccc1)C(C)CO. The van der Waals surface area contributed by atoms with Crippen molar-refractivity contribution in [1.82, 2.24) is 4.90 Å². The number of hydrogen-bond donors (Lipinski definition) is 1. The second-order valence-electron chi connectivity index (χ2n) is 3.58. The first-order chi connectivity index (χ1) is 6.77. The second-order valence-corrected chi connectivity index (χ2v) is 3.58. The third kappa shape index (κ3) is 3.13. The highest BCUT2D eigenvalue weighted by Crippen LogP contribution is 2.07. The summed E-state index contributed by atoms with van der Waals surface area (Å²) in [6.07, 6.45) is 0. The zero-order valence-corrected chi connectivity index (χ0v) is 8.98. The molecular formula is C12H19NO. The van der Waals surface area contributed by atoms with Gasteiger partial charge in [-0.1, -0.05) is 37.3 Å². The molecule has 0 aliphatic heterocycles. The molecule has 1 aromatic carbocycles. The van der Waals surface area contributed by atoms with Crippen LogP contribution in [0.4, 0.5) is 0 Å². The van der Waals surface area contributed by atoms with Crippen LogP contribution in [-0.4, -0.2) is 29.2 Å². The van der Waals surface area contributed by atoms with Crippen molar-refractivity contribution in [2.24, 2.45) is 0 Å². The zero-order chi connectivity index (χ0) is 10.4. The van der Waals surface area contributed by atoms with Crippen LogP contribution in [-0.2, 0) is 6.54 Å². The van der Waals surface area contributed by atoms with Gasteiger partial charge in [-0.25, -0.2) is 0 Å². The maximum Gasteiger partial charge on any atom is 0.0584 e. The predicted octanol–water partition coefficient (Wildman–Crippen LogP) is 1.89. The molecule has 0 aliphatic carbocycles. The maximum absolute atomic E-state index is 9.07. The van der Waals surface area contributed by atoms with Crippen molar-refractivity contribution >= 4 is 0 Å². The van der Waals surface area contributed by atoms with Crippen molar-refractivity contribution in [2.75, 3.05) is 13.2 Å². The molecule has 1 rings (SSSR count). The summed E-state index contributed by atoms with van der Waals surface area (Å²) in [5.41, 5.74) is 1.30. The minimum absolute atomic E-state index is 0.223. The number of aliphatic hydroxyl groups is 1. The van der Waals surface area contributed by atoms with Crippen LogP contribution >= 0.6 is 0 Å². The Bertz CT molecular complexity index is 248. The van der Waals surface area contributed by atoms with E-state index in [0.717, 1.165) is 13.1 Å². The summed E-state index contributed by atoms with van der Waals surface area (Å²) < 4.78 is 0. The zero-order valence-electron chi connectivity index (χ0n) is 8.98. The number of rotatable bonds is 5. The van der Waals surface area contributed by atoms with Gasteiger partial charge in [0.2, 0.25) is 0 Å². The average molecular weight is 193 g/mol. The van der Waals surface area contributed by atoms with Gasteiger partial charge in [0.15, 0.2) is 0 Å². The Balaban J connectivity index is 2.57. The van der Waals surface area contributed by atoms with Gasteiger partial charge in [0.25, 0.3) is 0 Å². The molecule has 0 saturated carbocycles. The predicted molar refractivity (Wildman–Crippen MR) is 59.1 cm³/mol. The van der Waals surface area contributed by atoms with Crippen molar-refractivity contribution in [3.63, 3.8) is 0 Å². The largest absolute Gasteiger partial charge is 0.395 e. The number of benzene rings is 1. The van der Waals surface area contributed by atoms with Gasteiger partial charge in [-0.15, -0.1) is 0 Å². The van der Waals surface area contributed by atoms with Crippen LogP contribution < -0.4 is 0 Å². The van der Waals surface area contributed by atoms with Gasteiger partial charge in [-0.3, -0.25) is 4.90 Å². The van der Waals surface area contributed by atoms with Crippen LogP contribution in [0.15, 0.2) is 30.3 Å². The average Bonchev–Trinajstić information content (AvgIpc) is 2.26. The third-order valence-corrected chi connectivity index (χ3v) is 2.52. The summed E-state index contributed by atoms with van der Waals surface area (Å²) in [4.78, 5) is 2.26. The Labute approximate surface area is 86.2 Å². The molecule has 1 unspecified atom stereocenters. The van der Waals surface area contributed by atoms with Gasteiger partial charge in [-0.2, -0.15) is 0 Å². The molecule has 2 nitrogen and oxygen atoms in total. The van der Waals surface area contributed by atoms with E-state index in [2.05, 4.69) is 24.0 Å². The van der Waals surface area contributed by atoms with Gasteiger partial charge in [0, 0.05) is 12.6 Å². The monoisotopic (exact) mass is 193 g/mol. The van der Waals surface area contributed by atoms with Crippen LogP contribution in [0.2, 0.25) is 0 Å². The van der Waals surface area contributed by atoms with Crippen LogP contribution in [0.1, 0.15) is 19.4 Å². The topological polar surface area (TPSA) is 23.5 Å². The molecule has 2 heteroatoms. The number of hydrogen-bond acceptors (Lipinski definition) is 2. The standard InChI is InChI=1S/C12H19NO/c1-3-13(11(2)10-14)9-12-7-5-4-6-8-12/h4-8,11,14H,3,9-10H2,1-2H3. The molecule has 14 heavy (non-hydrogen) atoms. The van der Waals surface area contributed by atoms with E-state index in [-0.39, 0.29) is 12.6 Å². The van der Waals surface area contributed by atoms with Crippen LogP contribution in [0, 0.1) is 0 Å². The van der Waals surface area contributed by atoms with E-state index in [1.807, 2.05) is 25.1 Å². The quantitative estimate of drug-likeness (QED) is 0.772.